The molecule has 0 saturated heterocycles. The largest absolute Gasteiger partial charge is 0.455 e. The molecule has 0 saturated carbocycles. The number of hydrogen-bond acceptors (Lipinski definition) is 2. The predicted octanol–water partition coefficient (Wildman–Crippen LogP) is 10.1. The Morgan fingerprint density at radius 1 is 0.425 bits per heavy atom. The number of fused-ring (bicyclic) bond motifs is 3. The van der Waals surface area contributed by atoms with Crippen molar-refractivity contribution in [2.45, 2.75) is 0 Å². The number of hydrogen-bond donors (Lipinski definition) is 0. The van der Waals surface area contributed by atoms with Crippen LogP contribution in [0.15, 0.2) is 156 Å². The highest BCUT2D eigenvalue weighted by molar-refractivity contribution is 6.09. The fourth-order valence-corrected chi connectivity index (χ4v) is 5.22. The molecule has 1 heterocycles. The summed E-state index contributed by atoms with van der Waals surface area (Å²) in [6, 6.07) is 52.1. The second-order valence-electron chi connectivity index (χ2n) is 9.63. The van der Waals surface area contributed by atoms with E-state index in [-0.39, 0.29) is 0 Å². The van der Waals surface area contributed by atoms with E-state index in [1.807, 2.05) is 36.4 Å². The number of nitrogens with zero attached hydrogens (tertiary/aromatic N) is 1. The first kappa shape index (κ1) is 23.6. The summed E-state index contributed by atoms with van der Waals surface area (Å²) in [7, 11) is 0. The van der Waals surface area contributed by atoms with Crippen molar-refractivity contribution in [3.8, 4) is 23.0 Å². The number of benzene rings is 6. The van der Waals surface area contributed by atoms with Gasteiger partial charge in [0.2, 0.25) is 0 Å². The topological polar surface area (TPSA) is 16.4 Å². The van der Waals surface area contributed by atoms with Crippen LogP contribution in [0.25, 0.3) is 33.1 Å². The maximum absolute atomic E-state index is 6.31. The molecule has 7 rings (SSSR count). The van der Waals surface area contributed by atoms with E-state index in [0.717, 1.165) is 61.3 Å². The van der Waals surface area contributed by atoms with Gasteiger partial charge in [0.25, 0.3) is 0 Å². The second-order valence-corrected chi connectivity index (χ2v) is 9.63. The van der Waals surface area contributed by atoms with Gasteiger partial charge in [0.15, 0.2) is 0 Å². The van der Waals surface area contributed by atoms with Crippen molar-refractivity contribution in [3.63, 3.8) is 0 Å². The van der Waals surface area contributed by atoms with E-state index in [1.165, 1.54) is 0 Å². The van der Waals surface area contributed by atoms with E-state index in [9.17, 15) is 0 Å². The fourth-order valence-electron chi connectivity index (χ4n) is 5.22. The standard InChI is InChI=1S/C38H25NO/c1-3-13-30(14-4-1)39(31-15-5-2-6-16-31)32-26-23-28(24-27-32)22-25-29-12-7-8-17-33(29)35-19-11-20-36-34-18-9-10-21-37(34)40-38(35)36/h1-21,23-24,26-27H. The smallest absolute Gasteiger partial charge is 0.143 e. The average Bonchev–Trinajstić information content (AvgIpc) is 3.41. The molecule has 0 aliphatic carbocycles. The van der Waals surface area contributed by atoms with Gasteiger partial charge in [0, 0.05) is 50.1 Å². The molecular formula is C38H25NO. The number of rotatable bonds is 4. The van der Waals surface area contributed by atoms with Crippen molar-refractivity contribution in [2.24, 2.45) is 0 Å². The first-order valence-electron chi connectivity index (χ1n) is 13.4. The molecule has 40 heavy (non-hydrogen) atoms. The summed E-state index contributed by atoms with van der Waals surface area (Å²) < 4.78 is 6.31. The van der Waals surface area contributed by atoms with E-state index in [4.69, 9.17) is 4.42 Å². The van der Waals surface area contributed by atoms with Gasteiger partial charge in [-0.05, 0) is 60.7 Å². The molecule has 7 aromatic rings. The second kappa shape index (κ2) is 10.3. The average molecular weight is 512 g/mol. The zero-order chi connectivity index (χ0) is 26.7. The van der Waals surface area contributed by atoms with E-state index in [0.29, 0.717) is 0 Å². The Morgan fingerprint density at radius 2 is 1.00 bits per heavy atom. The number of para-hydroxylation sites is 4. The van der Waals surface area contributed by atoms with Crippen LogP contribution in [0.1, 0.15) is 11.1 Å². The van der Waals surface area contributed by atoms with Crippen molar-refractivity contribution >= 4 is 39.0 Å². The molecule has 0 unspecified atom stereocenters. The van der Waals surface area contributed by atoms with Crippen molar-refractivity contribution in [3.05, 3.63) is 163 Å². The van der Waals surface area contributed by atoms with Gasteiger partial charge >= 0.3 is 0 Å². The molecule has 2 nitrogen and oxygen atoms in total. The van der Waals surface area contributed by atoms with Gasteiger partial charge in [-0.2, -0.15) is 0 Å². The Hall–Kier alpha value is -5.52. The molecule has 6 aromatic carbocycles. The molecule has 1 aromatic heterocycles. The maximum atomic E-state index is 6.31. The van der Waals surface area contributed by atoms with Crippen LogP contribution in [-0.2, 0) is 0 Å². The third-order valence-corrected chi connectivity index (χ3v) is 7.12. The van der Waals surface area contributed by atoms with Crippen LogP contribution in [0.3, 0.4) is 0 Å². The lowest BCUT2D eigenvalue weighted by Gasteiger charge is -2.25. The monoisotopic (exact) mass is 511 g/mol. The summed E-state index contributed by atoms with van der Waals surface area (Å²) in [5, 5.41) is 2.25. The number of furan rings is 1. The minimum atomic E-state index is 0.893. The molecule has 0 aliphatic rings. The maximum Gasteiger partial charge on any atom is 0.143 e. The Morgan fingerprint density at radius 3 is 1.75 bits per heavy atom. The van der Waals surface area contributed by atoms with Crippen molar-refractivity contribution in [2.75, 3.05) is 4.90 Å². The van der Waals surface area contributed by atoms with Gasteiger partial charge in [0.05, 0.1) is 0 Å². The van der Waals surface area contributed by atoms with Gasteiger partial charge in [0.1, 0.15) is 11.2 Å². The Bertz CT molecular complexity index is 1950. The van der Waals surface area contributed by atoms with Gasteiger partial charge in [-0.25, -0.2) is 0 Å². The summed E-state index contributed by atoms with van der Waals surface area (Å²) in [4.78, 5) is 2.25. The third kappa shape index (κ3) is 4.41. The Kier molecular flexibility index (Phi) is 6.09. The van der Waals surface area contributed by atoms with Crippen LogP contribution < -0.4 is 4.90 Å². The minimum Gasteiger partial charge on any atom is -0.455 e. The molecule has 0 fully saturated rings. The van der Waals surface area contributed by atoms with E-state index in [1.54, 1.807) is 0 Å². The van der Waals surface area contributed by atoms with E-state index >= 15 is 0 Å². The normalized spacial score (nSPS) is 10.8. The fraction of sp³-hybridized carbons (Fsp3) is 0. The number of anilines is 3. The molecule has 0 spiro atoms. The van der Waals surface area contributed by atoms with Crippen LogP contribution in [0.5, 0.6) is 0 Å². The third-order valence-electron chi connectivity index (χ3n) is 7.12. The highest BCUT2D eigenvalue weighted by Gasteiger charge is 2.14. The summed E-state index contributed by atoms with van der Waals surface area (Å²) >= 11 is 0. The molecular weight excluding hydrogens is 486 g/mol. The molecule has 0 aliphatic heterocycles. The highest BCUT2D eigenvalue weighted by atomic mass is 16.3. The van der Waals surface area contributed by atoms with Gasteiger partial charge in [-0.3, -0.25) is 0 Å². The summed E-state index contributed by atoms with van der Waals surface area (Å²) in [6.07, 6.45) is 0. The molecule has 0 atom stereocenters. The van der Waals surface area contributed by atoms with Crippen LogP contribution in [0, 0.1) is 11.8 Å². The first-order chi connectivity index (χ1) is 19.8. The van der Waals surface area contributed by atoms with Gasteiger partial charge in [-0.15, -0.1) is 0 Å². The summed E-state index contributed by atoms with van der Waals surface area (Å²) in [5.74, 6) is 6.83. The van der Waals surface area contributed by atoms with Crippen LogP contribution >= 0.6 is 0 Å². The van der Waals surface area contributed by atoms with E-state index < -0.39 is 0 Å². The zero-order valence-electron chi connectivity index (χ0n) is 21.8. The molecule has 0 N–H and O–H groups in total. The molecule has 0 amide bonds. The zero-order valence-corrected chi connectivity index (χ0v) is 21.8. The van der Waals surface area contributed by atoms with E-state index in [2.05, 4.69) is 132 Å². The minimum absolute atomic E-state index is 0.893. The SMILES string of the molecule is C(#Cc1ccccc1-c1cccc2c1oc1ccccc12)c1ccc(N(c2ccccc2)c2ccccc2)cc1. The van der Waals surface area contributed by atoms with Crippen molar-refractivity contribution in [1.82, 2.24) is 0 Å². The molecule has 2 heteroatoms. The van der Waals surface area contributed by atoms with Crippen molar-refractivity contribution in [1.29, 1.82) is 0 Å². The lowest BCUT2D eigenvalue weighted by Crippen LogP contribution is -2.09. The van der Waals surface area contributed by atoms with Gasteiger partial charge in [-0.1, -0.05) is 103 Å². The lowest BCUT2D eigenvalue weighted by atomic mass is 9.97. The van der Waals surface area contributed by atoms with Crippen molar-refractivity contribution < 1.29 is 4.42 Å². The Labute approximate surface area is 233 Å². The van der Waals surface area contributed by atoms with Crippen LogP contribution in [0.4, 0.5) is 17.1 Å². The van der Waals surface area contributed by atoms with Crippen LogP contribution in [0.2, 0.25) is 0 Å². The summed E-state index contributed by atoms with van der Waals surface area (Å²) in [5.41, 5.74) is 9.14. The molecule has 0 radical (unpaired) electrons. The quantitative estimate of drug-likeness (QED) is 0.219. The highest BCUT2D eigenvalue weighted by Crippen LogP contribution is 2.37. The lowest BCUT2D eigenvalue weighted by molar-refractivity contribution is 0.670. The first-order valence-corrected chi connectivity index (χ1v) is 13.4. The predicted molar refractivity (Wildman–Crippen MR) is 166 cm³/mol. The Balaban J connectivity index is 1.25. The van der Waals surface area contributed by atoms with Gasteiger partial charge < -0.3 is 9.32 Å². The molecule has 188 valence electrons. The molecule has 0 bridgehead atoms. The van der Waals surface area contributed by atoms with Crippen LogP contribution in [-0.4, -0.2) is 0 Å². The summed E-state index contributed by atoms with van der Waals surface area (Å²) in [6.45, 7) is 0.